The highest BCUT2D eigenvalue weighted by molar-refractivity contribution is 7.85. The van der Waals surface area contributed by atoms with E-state index in [4.69, 9.17) is 0 Å². The van der Waals surface area contributed by atoms with Gasteiger partial charge in [-0.25, -0.2) is 13.4 Å². The van der Waals surface area contributed by atoms with Crippen LogP contribution < -0.4 is 10.3 Å². The van der Waals surface area contributed by atoms with Gasteiger partial charge in [0.15, 0.2) is 0 Å². The minimum atomic E-state index is -4.66. The lowest BCUT2D eigenvalue weighted by Crippen LogP contribution is -2.73. The zero-order valence-corrected chi connectivity index (χ0v) is 22.0. The van der Waals surface area contributed by atoms with Gasteiger partial charge in [0.25, 0.3) is 0 Å². The summed E-state index contributed by atoms with van der Waals surface area (Å²) >= 11 is 0. The van der Waals surface area contributed by atoms with Crippen LogP contribution in [0.25, 0.3) is 5.57 Å². The molecule has 0 saturated heterocycles. The molecule has 2 aromatic carbocycles. The maximum absolute atomic E-state index is 12.2. The second-order valence-electron chi connectivity index (χ2n) is 8.95. The van der Waals surface area contributed by atoms with Crippen LogP contribution in [0.1, 0.15) is 63.1 Å². The summed E-state index contributed by atoms with van der Waals surface area (Å²) in [6, 6.07) is 12.5. The Morgan fingerprint density at radius 2 is 1.74 bits per heavy atom. The quantitative estimate of drug-likeness (QED) is 0.370. The Hall–Kier alpha value is -2.96. The van der Waals surface area contributed by atoms with Gasteiger partial charge < -0.3 is 9.87 Å². The molecular formula is C29H36N2O3S. The summed E-state index contributed by atoms with van der Waals surface area (Å²) in [5.74, 6) is 0. The van der Waals surface area contributed by atoms with Crippen LogP contribution in [-0.4, -0.2) is 31.8 Å². The van der Waals surface area contributed by atoms with E-state index in [1.165, 1.54) is 6.07 Å². The Bertz CT molecular complexity index is 1280. The van der Waals surface area contributed by atoms with Gasteiger partial charge in [0.2, 0.25) is 5.71 Å². The fraction of sp³-hybridized carbons (Fsp3) is 0.345. The van der Waals surface area contributed by atoms with Crippen molar-refractivity contribution >= 4 is 27.1 Å². The van der Waals surface area contributed by atoms with Crippen LogP contribution in [0.5, 0.6) is 0 Å². The molecule has 0 amide bonds. The molecule has 0 unspecified atom stereocenters. The number of hydrogen-bond acceptors (Lipinski definition) is 4. The van der Waals surface area contributed by atoms with Crippen molar-refractivity contribution in [1.82, 2.24) is 0 Å². The van der Waals surface area contributed by atoms with E-state index in [1.54, 1.807) is 18.2 Å². The van der Waals surface area contributed by atoms with Gasteiger partial charge in [-0.15, -0.1) is 0 Å². The van der Waals surface area contributed by atoms with Crippen LogP contribution in [0.15, 0.2) is 76.7 Å². The van der Waals surface area contributed by atoms with Crippen molar-refractivity contribution in [2.45, 2.75) is 58.3 Å². The highest BCUT2D eigenvalue weighted by atomic mass is 32.2. The molecule has 5 nitrogen and oxygen atoms in total. The molecule has 0 aromatic heterocycles. The van der Waals surface area contributed by atoms with E-state index < -0.39 is 10.1 Å². The van der Waals surface area contributed by atoms with Gasteiger partial charge in [-0.1, -0.05) is 51.0 Å². The van der Waals surface area contributed by atoms with E-state index in [1.807, 2.05) is 38.1 Å². The predicted octanol–water partition coefficient (Wildman–Crippen LogP) is 4.75. The molecule has 1 aliphatic carbocycles. The minimum absolute atomic E-state index is 0.208. The Balaban J connectivity index is 2.18. The fourth-order valence-electron chi connectivity index (χ4n) is 4.20. The van der Waals surface area contributed by atoms with Crippen molar-refractivity contribution in [2.75, 3.05) is 18.4 Å². The van der Waals surface area contributed by atoms with Crippen molar-refractivity contribution in [2.24, 2.45) is 0 Å². The Labute approximate surface area is 210 Å². The smallest absolute Gasteiger partial charge is 0.201 e. The van der Waals surface area contributed by atoms with E-state index in [0.29, 0.717) is 5.56 Å². The van der Waals surface area contributed by atoms with Crippen LogP contribution in [-0.2, 0) is 10.1 Å². The molecule has 0 heterocycles. The third kappa shape index (κ3) is 6.80. The van der Waals surface area contributed by atoms with Gasteiger partial charge in [-0.2, -0.15) is 0 Å². The zero-order valence-electron chi connectivity index (χ0n) is 21.1. The highest BCUT2D eigenvalue weighted by Gasteiger charge is 2.20. The first-order chi connectivity index (χ1) is 16.8. The molecule has 0 saturated carbocycles. The SMILES string of the molecule is CCCCNc1ccc(/C(=C2\C=CC(=[NH+]CCCC)C(C)=C2)c2ccccc2S(=O)(=O)[O-])cc1C. The first kappa shape index (κ1) is 26.6. The molecule has 3 rings (SSSR count). The molecule has 0 bridgehead atoms. The molecule has 0 fully saturated rings. The van der Waals surface area contributed by atoms with Crippen LogP contribution in [0, 0.1) is 6.92 Å². The normalized spacial score (nSPS) is 16.4. The summed E-state index contributed by atoms with van der Waals surface area (Å²) in [5, 5.41) is 3.47. The monoisotopic (exact) mass is 492 g/mol. The van der Waals surface area contributed by atoms with Gasteiger partial charge >= 0.3 is 0 Å². The number of hydrogen-bond donors (Lipinski definition) is 2. The van der Waals surface area contributed by atoms with Crippen LogP contribution in [0.3, 0.4) is 0 Å². The number of rotatable bonds is 10. The Morgan fingerprint density at radius 1 is 1.00 bits per heavy atom. The molecule has 186 valence electrons. The van der Waals surface area contributed by atoms with E-state index in [0.717, 1.165) is 78.0 Å². The highest BCUT2D eigenvalue weighted by Crippen LogP contribution is 2.35. The van der Waals surface area contributed by atoms with Crippen molar-refractivity contribution in [3.63, 3.8) is 0 Å². The lowest BCUT2D eigenvalue weighted by atomic mass is 9.88. The molecule has 6 heteroatoms. The summed E-state index contributed by atoms with van der Waals surface area (Å²) in [6.45, 7) is 10.2. The molecule has 0 radical (unpaired) electrons. The average molecular weight is 493 g/mol. The van der Waals surface area contributed by atoms with Gasteiger partial charge in [-0.05, 0) is 72.9 Å². The molecule has 35 heavy (non-hydrogen) atoms. The molecule has 2 N–H and O–H groups in total. The topological polar surface area (TPSA) is 83.2 Å². The van der Waals surface area contributed by atoms with E-state index in [2.05, 4.69) is 36.3 Å². The second-order valence-corrected chi connectivity index (χ2v) is 10.3. The molecule has 2 aromatic rings. The largest absolute Gasteiger partial charge is 0.744 e. The molecule has 0 atom stereocenters. The number of benzene rings is 2. The minimum Gasteiger partial charge on any atom is -0.744 e. The molecule has 0 aliphatic heterocycles. The number of anilines is 1. The number of nitrogens with one attached hydrogen (secondary N) is 2. The van der Waals surface area contributed by atoms with Crippen molar-refractivity contribution in [3.05, 3.63) is 88.5 Å². The third-order valence-electron chi connectivity index (χ3n) is 6.15. The predicted molar refractivity (Wildman–Crippen MR) is 144 cm³/mol. The lowest BCUT2D eigenvalue weighted by molar-refractivity contribution is -0.456. The first-order valence-electron chi connectivity index (χ1n) is 12.4. The number of allylic oxidation sites excluding steroid dienone is 5. The summed E-state index contributed by atoms with van der Waals surface area (Å²) in [7, 11) is -4.66. The summed E-state index contributed by atoms with van der Waals surface area (Å²) < 4.78 is 36.5. The van der Waals surface area contributed by atoms with Crippen molar-refractivity contribution in [1.29, 1.82) is 0 Å². The lowest BCUT2D eigenvalue weighted by Gasteiger charge is -2.20. The van der Waals surface area contributed by atoms with Gasteiger partial charge in [-0.3, -0.25) is 0 Å². The maximum Gasteiger partial charge on any atom is 0.201 e. The fourth-order valence-corrected chi connectivity index (χ4v) is 4.89. The molecule has 1 aliphatic rings. The van der Waals surface area contributed by atoms with Gasteiger partial charge in [0, 0.05) is 35.9 Å². The summed E-state index contributed by atoms with van der Waals surface area (Å²) in [6.07, 6.45) is 10.5. The van der Waals surface area contributed by atoms with Crippen LogP contribution in [0.4, 0.5) is 5.69 Å². The number of aryl methyl sites for hydroxylation is 1. The van der Waals surface area contributed by atoms with Crippen LogP contribution in [0.2, 0.25) is 0 Å². The standard InChI is InChI=1S/C29H36N2O3S/c1-5-7-17-30-26-15-13-23(19-21(26)3)29(25-11-9-10-12-28(25)35(32,33)34)24-14-16-27(22(4)20-24)31-18-8-6-2/h9-16,19-20,30H,5-8,17-18H2,1-4H3,(H,32,33,34)/b29-24-,31-27?. The zero-order chi connectivity index (χ0) is 25.4. The first-order valence-corrected chi connectivity index (χ1v) is 13.8. The summed E-state index contributed by atoms with van der Waals surface area (Å²) in [4.78, 5) is 3.26. The van der Waals surface area contributed by atoms with E-state index in [9.17, 15) is 13.0 Å². The van der Waals surface area contributed by atoms with Crippen molar-refractivity contribution < 1.29 is 18.0 Å². The maximum atomic E-state index is 12.2. The molecule has 0 spiro atoms. The Morgan fingerprint density at radius 3 is 2.40 bits per heavy atom. The number of unbranched alkanes of at least 4 members (excludes halogenated alkanes) is 2. The average Bonchev–Trinajstić information content (AvgIpc) is 2.82. The second kappa shape index (κ2) is 12.1. The van der Waals surface area contributed by atoms with E-state index >= 15 is 0 Å². The summed E-state index contributed by atoms with van der Waals surface area (Å²) in [5.41, 5.74) is 7.11. The van der Waals surface area contributed by atoms with Gasteiger partial charge in [0.1, 0.15) is 16.7 Å². The molecular weight excluding hydrogens is 456 g/mol. The van der Waals surface area contributed by atoms with Crippen molar-refractivity contribution in [3.8, 4) is 0 Å². The van der Waals surface area contributed by atoms with Gasteiger partial charge in [0.05, 0.1) is 4.90 Å². The van der Waals surface area contributed by atoms with E-state index in [-0.39, 0.29) is 4.90 Å². The third-order valence-corrected chi connectivity index (χ3v) is 7.04. The Kier molecular flexibility index (Phi) is 9.24. The van der Waals surface area contributed by atoms with Crippen LogP contribution >= 0.6 is 0 Å².